The third-order valence-corrected chi connectivity index (χ3v) is 2.86. The Labute approximate surface area is 101 Å². The van der Waals surface area contributed by atoms with Gasteiger partial charge in [-0.05, 0) is 39.0 Å². The van der Waals surface area contributed by atoms with Crippen LogP contribution in [-0.2, 0) is 4.74 Å². The number of ether oxygens (including phenoxy) is 1. The maximum Gasteiger partial charge on any atom is 0.0680 e. The molecule has 16 heavy (non-hydrogen) atoms. The van der Waals surface area contributed by atoms with Crippen LogP contribution >= 0.6 is 0 Å². The van der Waals surface area contributed by atoms with Gasteiger partial charge in [0.25, 0.3) is 0 Å². The molecule has 0 aliphatic carbocycles. The quantitative estimate of drug-likeness (QED) is 0.752. The Morgan fingerprint density at radius 2 is 1.56 bits per heavy atom. The third kappa shape index (κ3) is 7.24. The summed E-state index contributed by atoms with van der Waals surface area (Å²) in [6.07, 6.45) is 2.63. The lowest BCUT2D eigenvalue weighted by atomic mass is 9.89. The normalized spacial score (nSPS) is 20.2. The van der Waals surface area contributed by atoms with Crippen LogP contribution in [0.4, 0.5) is 0 Å². The zero-order valence-corrected chi connectivity index (χ0v) is 12.1. The first kappa shape index (κ1) is 15.9. The van der Waals surface area contributed by atoms with Crippen LogP contribution in [0.2, 0.25) is 0 Å². The molecule has 0 heterocycles. The smallest absolute Gasteiger partial charge is 0.0680 e. The Bertz CT molecular complexity index is 193. The first-order valence-corrected chi connectivity index (χ1v) is 6.44. The summed E-state index contributed by atoms with van der Waals surface area (Å²) < 4.78 is 6.11. The van der Waals surface area contributed by atoms with Gasteiger partial charge >= 0.3 is 0 Å². The van der Waals surface area contributed by atoms with Crippen LogP contribution in [0, 0.1) is 5.41 Å². The van der Waals surface area contributed by atoms with Crippen LogP contribution in [0.1, 0.15) is 67.7 Å². The van der Waals surface area contributed by atoms with Crippen LogP contribution in [0.15, 0.2) is 0 Å². The van der Waals surface area contributed by atoms with Crippen molar-refractivity contribution in [2.24, 2.45) is 5.41 Å². The molecule has 0 radical (unpaired) electrons. The van der Waals surface area contributed by atoms with Gasteiger partial charge in [0.15, 0.2) is 0 Å². The van der Waals surface area contributed by atoms with Crippen LogP contribution in [0.3, 0.4) is 0 Å². The molecule has 3 atom stereocenters. The molecule has 0 aromatic carbocycles. The van der Waals surface area contributed by atoms with Crippen LogP contribution < -0.4 is 0 Å². The molecule has 98 valence electrons. The van der Waals surface area contributed by atoms with E-state index in [9.17, 15) is 5.11 Å². The minimum atomic E-state index is -0.299. The van der Waals surface area contributed by atoms with Crippen molar-refractivity contribution in [3.05, 3.63) is 0 Å². The largest absolute Gasteiger partial charge is 0.393 e. The molecule has 0 aliphatic rings. The Kier molecular flexibility index (Phi) is 5.99. The van der Waals surface area contributed by atoms with Crippen LogP contribution in [0.25, 0.3) is 0 Å². The maximum atomic E-state index is 9.48. The second-order valence-corrected chi connectivity index (χ2v) is 6.55. The average Bonchev–Trinajstić information content (AvgIpc) is 1.98. The predicted molar refractivity (Wildman–Crippen MR) is 69.6 cm³/mol. The highest BCUT2D eigenvalue weighted by molar-refractivity contribution is 4.78. The van der Waals surface area contributed by atoms with E-state index >= 15 is 0 Å². The van der Waals surface area contributed by atoms with Crippen molar-refractivity contribution in [1.82, 2.24) is 0 Å². The number of aliphatic hydroxyl groups excluding tert-OH is 1. The summed E-state index contributed by atoms with van der Waals surface area (Å²) in [5.74, 6) is 0. The topological polar surface area (TPSA) is 29.5 Å². The summed E-state index contributed by atoms with van der Waals surface area (Å²) in [6.45, 7) is 14.8. The van der Waals surface area contributed by atoms with Gasteiger partial charge in [-0.3, -0.25) is 0 Å². The fraction of sp³-hybridized carbons (Fsp3) is 1.00. The predicted octanol–water partition coefficient (Wildman–Crippen LogP) is 3.77. The minimum absolute atomic E-state index is 0.196. The van der Waals surface area contributed by atoms with E-state index in [1.165, 1.54) is 0 Å². The molecule has 0 aromatic rings. The monoisotopic (exact) mass is 230 g/mol. The van der Waals surface area contributed by atoms with Gasteiger partial charge in [-0.1, -0.05) is 27.7 Å². The standard InChI is InChI=1S/C14H30O2/c1-8-14(7,9-11(2)15)16-12(3)10-13(4,5)6/h11-12,15H,8-10H2,1-7H3. The zero-order valence-electron chi connectivity index (χ0n) is 12.1. The number of hydrogen-bond donors (Lipinski definition) is 1. The number of aliphatic hydroxyl groups is 1. The van der Waals surface area contributed by atoms with E-state index in [0.29, 0.717) is 11.8 Å². The van der Waals surface area contributed by atoms with Crippen molar-refractivity contribution in [2.75, 3.05) is 0 Å². The number of rotatable bonds is 6. The molecule has 0 rings (SSSR count). The highest BCUT2D eigenvalue weighted by Gasteiger charge is 2.28. The van der Waals surface area contributed by atoms with Gasteiger partial charge in [-0.15, -0.1) is 0 Å². The van der Waals surface area contributed by atoms with Crippen LogP contribution in [-0.4, -0.2) is 22.9 Å². The van der Waals surface area contributed by atoms with E-state index in [1.807, 2.05) is 6.92 Å². The highest BCUT2D eigenvalue weighted by atomic mass is 16.5. The summed E-state index contributed by atoms with van der Waals surface area (Å²) >= 11 is 0. The zero-order chi connectivity index (χ0) is 13.0. The van der Waals surface area contributed by atoms with Crippen molar-refractivity contribution in [1.29, 1.82) is 0 Å². The van der Waals surface area contributed by atoms with Gasteiger partial charge in [-0.2, -0.15) is 0 Å². The molecule has 0 fully saturated rings. The molecular formula is C14H30O2. The molecule has 0 amide bonds. The van der Waals surface area contributed by atoms with Crippen molar-refractivity contribution in [3.8, 4) is 0 Å². The molecule has 0 aliphatic heterocycles. The van der Waals surface area contributed by atoms with E-state index in [4.69, 9.17) is 4.74 Å². The van der Waals surface area contributed by atoms with E-state index in [2.05, 4.69) is 41.5 Å². The molecule has 1 N–H and O–H groups in total. The van der Waals surface area contributed by atoms with Crippen molar-refractivity contribution in [2.45, 2.75) is 85.5 Å². The second-order valence-electron chi connectivity index (χ2n) is 6.55. The van der Waals surface area contributed by atoms with Gasteiger partial charge in [0, 0.05) is 6.42 Å². The molecule has 0 aromatic heterocycles. The van der Waals surface area contributed by atoms with Crippen LogP contribution in [0.5, 0.6) is 0 Å². The van der Waals surface area contributed by atoms with E-state index in [1.54, 1.807) is 0 Å². The Balaban J connectivity index is 4.30. The van der Waals surface area contributed by atoms with E-state index < -0.39 is 0 Å². The molecule has 0 spiro atoms. The summed E-state index contributed by atoms with van der Waals surface area (Å²) in [7, 11) is 0. The molecule has 2 heteroatoms. The lowest BCUT2D eigenvalue weighted by molar-refractivity contribution is -0.107. The maximum absolute atomic E-state index is 9.48. The average molecular weight is 230 g/mol. The second kappa shape index (κ2) is 6.02. The van der Waals surface area contributed by atoms with Crippen molar-refractivity contribution < 1.29 is 9.84 Å². The first-order chi connectivity index (χ1) is 7.08. The highest BCUT2D eigenvalue weighted by Crippen LogP contribution is 2.29. The molecule has 0 bridgehead atoms. The summed E-state index contributed by atoms with van der Waals surface area (Å²) in [6, 6.07) is 0. The molecule has 2 nitrogen and oxygen atoms in total. The molecule has 0 saturated heterocycles. The van der Waals surface area contributed by atoms with Crippen molar-refractivity contribution in [3.63, 3.8) is 0 Å². The van der Waals surface area contributed by atoms with Gasteiger partial charge in [0.05, 0.1) is 17.8 Å². The van der Waals surface area contributed by atoms with Gasteiger partial charge in [0.1, 0.15) is 0 Å². The molecular weight excluding hydrogens is 200 g/mol. The number of hydrogen-bond acceptors (Lipinski definition) is 2. The summed E-state index contributed by atoms with van der Waals surface area (Å²) in [4.78, 5) is 0. The van der Waals surface area contributed by atoms with Gasteiger partial charge < -0.3 is 9.84 Å². The summed E-state index contributed by atoms with van der Waals surface area (Å²) in [5, 5.41) is 9.48. The summed E-state index contributed by atoms with van der Waals surface area (Å²) in [5.41, 5.74) is 0.0950. The van der Waals surface area contributed by atoms with Gasteiger partial charge in [-0.25, -0.2) is 0 Å². The SMILES string of the molecule is CCC(C)(CC(C)O)OC(C)CC(C)(C)C. The Morgan fingerprint density at radius 1 is 1.06 bits per heavy atom. The fourth-order valence-electron chi connectivity index (χ4n) is 2.29. The Morgan fingerprint density at radius 3 is 1.88 bits per heavy atom. The Hall–Kier alpha value is -0.0800. The van der Waals surface area contributed by atoms with E-state index in [0.717, 1.165) is 12.8 Å². The lowest BCUT2D eigenvalue weighted by Gasteiger charge is -2.35. The minimum Gasteiger partial charge on any atom is -0.393 e. The fourth-order valence-corrected chi connectivity index (χ4v) is 2.29. The third-order valence-electron chi connectivity index (χ3n) is 2.86. The molecule has 0 saturated carbocycles. The van der Waals surface area contributed by atoms with Gasteiger partial charge in [0.2, 0.25) is 0 Å². The van der Waals surface area contributed by atoms with E-state index in [-0.39, 0.29) is 17.8 Å². The first-order valence-electron chi connectivity index (χ1n) is 6.44. The lowest BCUT2D eigenvalue weighted by Crippen LogP contribution is -2.36. The van der Waals surface area contributed by atoms with Crippen molar-refractivity contribution >= 4 is 0 Å². The molecule has 3 unspecified atom stereocenters.